The number of aryl methyl sites for hydroxylation is 1. The Labute approximate surface area is 164 Å². The van der Waals surface area contributed by atoms with Crippen LogP contribution in [0.4, 0.5) is 0 Å². The largest absolute Gasteiger partial charge is 0.423 e. The molecule has 144 valence electrons. The van der Waals surface area contributed by atoms with Gasteiger partial charge in [0.05, 0.1) is 5.56 Å². The third-order valence-electron chi connectivity index (χ3n) is 5.83. The second-order valence-electron chi connectivity index (χ2n) is 7.91. The molecule has 0 saturated heterocycles. The number of esters is 1. The normalized spacial score (nSPS) is 19.6. The van der Waals surface area contributed by atoms with Crippen LogP contribution in [0.25, 0.3) is 0 Å². The fraction of sp³-hybridized carbons (Fsp3) is 0.480. The molecule has 27 heavy (non-hydrogen) atoms. The van der Waals surface area contributed by atoms with Crippen LogP contribution in [0.2, 0.25) is 0 Å². The van der Waals surface area contributed by atoms with Crippen molar-refractivity contribution in [2.45, 2.75) is 71.1 Å². The maximum Gasteiger partial charge on any atom is 0.343 e. The molecule has 0 heterocycles. The lowest BCUT2D eigenvalue weighted by Gasteiger charge is -2.28. The minimum atomic E-state index is -0.286. The summed E-state index contributed by atoms with van der Waals surface area (Å²) in [6, 6.07) is 15.9. The van der Waals surface area contributed by atoms with E-state index in [4.69, 9.17) is 4.74 Å². The van der Waals surface area contributed by atoms with Gasteiger partial charge in [-0.1, -0.05) is 57.4 Å². The molecule has 2 aromatic rings. The van der Waals surface area contributed by atoms with Crippen LogP contribution in [0, 0.1) is 5.92 Å². The van der Waals surface area contributed by atoms with Crippen molar-refractivity contribution in [2.24, 2.45) is 5.92 Å². The molecule has 2 heteroatoms. The predicted molar refractivity (Wildman–Crippen MR) is 111 cm³/mol. The molecule has 1 aliphatic carbocycles. The molecule has 0 aliphatic heterocycles. The number of hydrogen-bond acceptors (Lipinski definition) is 2. The molecule has 0 aromatic heterocycles. The summed E-state index contributed by atoms with van der Waals surface area (Å²) in [5, 5.41) is 0. The molecule has 0 bridgehead atoms. The first kappa shape index (κ1) is 19.7. The van der Waals surface area contributed by atoms with Crippen molar-refractivity contribution in [3.63, 3.8) is 0 Å². The topological polar surface area (TPSA) is 26.3 Å². The van der Waals surface area contributed by atoms with Crippen molar-refractivity contribution >= 4 is 5.97 Å². The lowest BCUT2D eigenvalue weighted by molar-refractivity contribution is 0.0734. The van der Waals surface area contributed by atoms with Gasteiger partial charge in [-0.05, 0) is 79.3 Å². The Balaban J connectivity index is 1.55. The molecule has 0 N–H and O–H groups in total. The predicted octanol–water partition coefficient (Wildman–Crippen LogP) is 6.93. The Morgan fingerprint density at radius 1 is 0.889 bits per heavy atom. The Morgan fingerprint density at radius 2 is 1.56 bits per heavy atom. The van der Waals surface area contributed by atoms with E-state index in [0.29, 0.717) is 17.2 Å². The van der Waals surface area contributed by atoms with E-state index in [1.54, 1.807) is 0 Å². The summed E-state index contributed by atoms with van der Waals surface area (Å²) in [6.45, 7) is 4.44. The molecule has 2 nitrogen and oxygen atoms in total. The van der Waals surface area contributed by atoms with Gasteiger partial charge in [0.2, 0.25) is 0 Å². The van der Waals surface area contributed by atoms with Gasteiger partial charge in [-0.15, -0.1) is 0 Å². The summed E-state index contributed by atoms with van der Waals surface area (Å²) in [4.78, 5) is 12.3. The summed E-state index contributed by atoms with van der Waals surface area (Å²) in [5.41, 5.74) is 3.24. The van der Waals surface area contributed by atoms with Crippen molar-refractivity contribution in [1.29, 1.82) is 0 Å². The van der Waals surface area contributed by atoms with Gasteiger partial charge in [-0.2, -0.15) is 0 Å². The van der Waals surface area contributed by atoms with Crippen LogP contribution in [0.5, 0.6) is 5.75 Å². The van der Waals surface area contributed by atoms with E-state index in [0.717, 1.165) is 18.8 Å². The average Bonchev–Trinajstić information content (AvgIpc) is 2.70. The minimum absolute atomic E-state index is 0.286. The quantitative estimate of drug-likeness (QED) is 0.393. The van der Waals surface area contributed by atoms with Crippen molar-refractivity contribution in [1.82, 2.24) is 0 Å². The summed E-state index contributed by atoms with van der Waals surface area (Å²) in [6.07, 6.45) is 10.1. The lowest BCUT2D eigenvalue weighted by Crippen LogP contribution is -2.13. The number of hydrogen-bond donors (Lipinski definition) is 0. The first-order valence-corrected chi connectivity index (χ1v) is 10.6. The molecular weight excluding hydrogens is 332 g/mol. The SMILES string of the molecule is CCCc1ccc(C(=O)Oc2ccc(C3CCC(CCC)CC3)cc2)cc1. The molecule has 2 aromatic carbocycles. The number of benzene rings is 2. The first-order chi connectivity index (χ1) is 13.2. The Morgan fingerprint density at radius 3 is 2.15 bits per heavy atom. The van der Waals surface area contributed by atoms with Gasteiger partial charge in [0.25, 0.3) is 0 Å². The smallest absolute Gasteiger partial charge is 0.343 e. The van der Waals surface area contributed by atoms with Gasteiger partial charge in [0.15, 0.2) is 0 Å². The molecule has 0 amide bonds. The van der Waals surface area contributed by atoms with Crippen LogP contribution in [0.15, 0.2) is 48.5 Å². The van der Waals surface area contributed by atoms with Gasteiger partial charge in [-0.25, -0.2) is 4.79 Å². The Hall–Kier alpha value is -2.09. The van der Waals surface area contributed by atoms with Crippen molar-refractivity contribution < 1.29 is 9.53 Å². The maximum absolute atomic E-state index is 12.3. The molecule has 0 unspecified atom stereocenters. The number of rotatable bonds is 7. The maximum atomic E-state index is 12.3. The van der Waals surface area contributed by atoms with E-state index in [9.17, 15) is 4.79 Å². The highest BCUT2D eigenvalue weighted by atomic mass is 16.5. The number of carbonyl (C=O) groups is 1. The highest BCUT2D eigenvalue weighted by Crippen LogP contribution is 2.37. The lowest BCUT2D eigenvalue weighted by atomic mass is 9.77. The summed E-state index contributed by atoms with van der Waals surface area (Å²) in [7, 11) is 0. The fourth-order valence-corrected chi connectivity index (χ4v) is 4.26. The van der Waals surface area contributed by atoms with Crippen molar-refractivity contribution in [2.75, 3.05) is 0 Å². The zero-order chi connectivity index (χ0) is 19.1. The second kappa shape index (κ2) is 9.73. The summed E-state index contributed by atoms with van der Waals surface area (Å²) < 4.78 is 5.55. The van der Waals surface area contributed by atoms with Gasteiger partial charge in [0, 0.05) is 0 Å². The fourth-order valence-electron chi connectivity index (χ4n) is 4.26. The second-order valence-corrected chi connectivity index (χ2v) is 7.91. The molecule has 0 spiro atoms. The molecule has 3 rings (SSSR count). The van der Waals surface area contributed by atoms with E-state index >= 15 is 0 Å². The molecule has 0 atom stereocenters. The van der Waals surface area contributed by atoms with E-state index in [1.807, 2.05) is 36.4 Å². The van der Waals surface area contributed by atoms with Crippen LogP contribution in [-0.2, 0) is 6.42 Å². The van der Waals surface area contributed by atoms with Gasteiger partial charge in [-0.3, -0.25) is 0 Å². The first-order valence-electron chi connectivity index (χ1n) is 10.6. The van der Waals surface area contributed by atoms with Crippen LogP contribution in [0.3, 0.4) is 0 Å². The molecule has 1 aliphatic rings. The van der Waals surface area contributed by atoms with Gasteiger partial charge >= 0.3 is 5.97 Å². The molecule has 1 saturated carbocycles. The average molecular weight is 365 g/mol. The van der Waals surface area contributed by atoms with Crippen LogP contribution in [-0.4, -0.2) is 5.97 Å². The highest BCUT2D eigenvalue weighted by molar-refractivity contribution is 5.91. The molecule has 0 radical (unpaired) electrons. The van der Waals surface area contributed by atoms with Crippen molar-refractivity contribution in [3.8, 4) is 5.75 Å². The zero-order valence-electron chi connectivity index (χ0n) is 16.7. The zero-order valence-corrected chi connectivity index (χ0v) is 16.7. The van der Waals surface area contributed by atoms with Gasteiger partial charge < -0.3 is 4.74 Å². The van der Waals surface area contributed by atoms with E-state index in [-0.39, 0.29) is 5.97 Å². The third-order valence-corrected chi connectivity index (χ3v) is 5.83. The monoisotopic (exact) mass is 364 g/mol. The minimum Gasteiger partial charge on any atom is -0.423 e. The van der Waals surface area contributed by atoms with Crippen LogP contribution < -0.4 is 4.74 Å². The summed E-state index contributed by atoms with van der Waals surface area (Å²) in [5.74, 6) is 1.93. The van der Waals surface area contributed by atoms with E-state index < -0.39 is 0 Å². The van der Waals surface area contributed by atoms with Crippen LogP contribution in [0.1, 0.15) is 86.2 Å². The third kappa shape index (κ3) is 5.45. The Kier molecular flexibility index (Phi) is 7.09. The number of ether oxygens (including phenoxy) is 1. The number of carbonyl (C=O) groups excluding carboxylic acids is 1. The van der Waals surface area contributed by atoms with Crippen molar-refractivity contribution in [3.05, 3.63) is 65.2 Å². The highest BCUT2D eigenvalue weighted by Gasteiger charge is 2.21. The van der Waals surface area contributed by atoms with E-state index in [2.05, 4.69) is 26.0 Å². The molecular formula is C25H32O2. The van der Waals surface area contributed by atoms with Gasteiger partial charge in [0.1, 0.15) is 5.75 Å². The standard InChI is InChI=1S/C25H32O2/c1-3-5-19-7-11-21(12-8-19)22-15-17-24(18-16-22)27-25(26)23-13-9-20(6-4-2)10-14-23/h9-10,13-19,21H,3-8,11-12H2,1-2H3. The molecule has 1 fully saturated rings. The van der Waals surface area contributed by atoms with E-state index in [1.165, 1.54) is 49.7 Å². The van der Waals surface area contributed by atoms with Crippen LogP contribution >= 0.6 is 0 Å². The Bertz CT molecular complexity index is 707. The summed E-state index contributed by atoms with van der Waals surface area (Å²) >= 11 is 0.